The average molecular weight is 281 g/mol. The van der Waals surface area contributed by atoms with E-state index in [0.717, 1.165) is 17.1 Å². The molecular formula is C17H13ClN2. The van der Waals surface area contributed by atoms with E-state index in [9.17, 15) is 0 Å². The van der Waals surface area contributed by atoms with Gasteiger partial charge in [-0.05, 0) is 41.5 Å². The van der Waals surface area contributed by atoms with Crippen molar-refractivity contribution >= 4 is 23.1 Å². The summed E-state index contributed by atoms with van der Waals surface area (Å²) in [5.74, 6) is 0.800. The first-order chi connectivity index (χ1) is 9.81. The summed E-state index contributed by atoms with van der Waals surface area (Å²) in [6.45, 7) is 0. The molecule has 0 aliphatic heterocycles. The van der Waals surface area contributed by atoms with E-state index in [4.69, 9.17) is 11.6 Å². The highest BCUT2D eigenvalue weighted by Crippen LogP contribution is 2.23. The maximum atomic E-state index is 5.98. The van der Waals surface area contributed by atoms with Gasteiger partial charge in [0.15, 0.2) is 0 Å². The fourth-order valence-electron chi connectivity index (χ4n) is 2.02. The van der Waals surface area contributed by atoms with Crippen molar-refractivity contribution in [3.8, 4) is 11.1 Å². The van der Waals surface area contributed by atoms with Gasteiger partial charge in [0.25, 0.3) is 0 Å². The lowest BCUT2D eigenvalue weighted by molar-refractivity contribution is 1.31. The van der Waals surface area contributed by atoms with Gasteiger partial charge in [0.1, 0.15) is 5.82 Å². The van der Waals surface area contributed by atoms with Crippen molar-refractivity contribution < 1.29 is 0 Å². The quantitative estimate of drug-likeness (QED) is 0.718. The van der Waals surface area contributed by atoms with Gasteiger partial charge < -0.3 is 5.32 Å². The van der Waals surface area contributed by atoms with E-state index in [-0.39, 0.29) is 0 Å². The number of benzene rings is 2. The van der Waals surface area contributed by atoms with Gasteiger partial charge in [-0.15, -0.1) is 0 Å². The van der Waals surface area contributed by atoms with Crippen LogP contribution in [0.5, 0.6) is 0 Å². The Morgan fingerprint density at radius 1 is 0.800 bits per heavy atom. The Labute approximate surface area is 123 Å². The zero-order valence-electron chi connectivity index (χ0n) is 10.8. The number of hydrogen-bond acceptors (Lipinski definition) is 2. The number of halogens is 1. The molecule has 0 unspecified atom stereocenters. The summed E-state index contributed by atoms with van der Waals surface area (Å²) in [6.07, 6.45) is 1.80. The van der Waals surface area contributed by atoms with E-state index in [2.05, 4.69) is 22.4 Å². The van der Waals surface area contributed by atoms with Gasteiger partial charge in [0.05, 0.1) is 0 Å². The molecule has 3 rings (SSSR count). The smallest absolute Gasteiger partial charge is 0.130 e. The molecule has 98 valence electrons. The standard InChI is InChI=1S/C17H13ClN2/c18-15-7-4-8-16(12-15)20-17-11-14(9-10-19-17)13-5-2-1-3-6-13/h1-12H,(H,19,20). The Balaban J connectivity index is 1.88. The number of pyridine rings is 1. The van der Waals surface area contributed by atoms with Gasteiger partial charge in [0, 0.05) is 16.9 Å². The van der Waals surface area contributed by atoms with Crippen LogP contribution in [0.3, 0.4) is 0 Å². The zero-order valence-corrected chi connectivity index (χ0v) is 11.5. The minimum absolute atomic E-state index is 0.703. The van der Waals surface area contributed by atoms with E-state index >= 15 is 0 Å². The third-order valence-electron chi connectivity index (χ3n) is 2.96. The first kappa shape index (κ1) is 12.7. The van der Waals surface area contributed by atoms with Gasteiger partial charge in [-0.25, -0.2) is 4.98 Å². The second kappa shape index (κ2) is 5.76. The summed E-state index contributed by atoms with van der Waals surface area (Å²) >= 11 is 5.98. The Morgan fingerprint density at radius 3 is 2.45 bits per heavy atom. The Morgan fingerprint density at radius 2 is 1.65 bits per heavy atom. The van der Waals surface area contributed by atoms with E-state index in [1.54, 1.807) is 6.20 Å². The van der Waals surface area contributed by atoms with Crippen LogP contribution >= 0.6 is 11.6 Å². The van der Waals surface area contributed by atoms with Crippen molar-refractivity contribution in [1.82, 2.24) is 4.98 Å². The Hall–Kier alpha value is -2.32. The molecule has 0 bridgehead atoms. The predicted octanol–water partition coefficient (Wildman–Crippen LogP) is 5.15. The maximum absolute atomic E-state index is 5.98. The molecular weight excluding hydrogens is 268 g/mol. The zero-order chi connectivity index (χ0) is 13.8. The lowest BCUT2D eigenvalue weighted by atomic mass is 10.1. The van der Waals surface area contributed by atoms with Crippen LogP contribution in [0, 0.1) is 0 Å². The van der Waals surface area contributed by atoms with Crippen LogP contribution in [0.1, 0.15) is 0 Å². The molecule has 3 heteroatoms. The van der Waals surface area contributed by atoms with Gasteiger partial charge >= 0.3 is 0 Å². The third kappa shape index (κ3) is 2.98. The Bertz CT molecular complexity index is 711. The molecule has 3 aromatic rings. The van der Waals surface area contributed by atoms with Gasteiger partial charge in [0.2, 0.25) is 0 Å². The van der Waals surface area contributed by atoms with E-state index in [0.29, 0.717) is 5.02 Å². The lowest BCUT2D eigenvalue weighted by Crippen LogP contribution is -1.93. The van der Waals surface area contributed by atoms with E-state index in [1.807, 2.05) is 54.6 Å². The van der Waals surface area contributed by atoms with Crippen LogP contribution in [0.4, 0.5) is 11.5 Å². The number of anilines is 2. The largest absolute Gasteiger partial charge is 0.340 e. The lowest BCUT2D eigenvalue weighted by Gasteiger charge is -2.08. The average Bonchev–Trinajstić information content (AvgIpc) is 2.48. The molecule has 0 atom stereocenters. The monoisotopic (exact) mass is 280 g/mol. The van der Waals surface area contributed by atoms with Crippen molar-refractivity contribution in [3.63, 3.8) is 0 Å². The first-order valence-corrected chi connectivity index (χ1v) is 6.73. The summed E-state index contributed by atoms with van der Waals surface area (Å²) in [6, 6.07) is 21.8. The molecule has 0 aliphatic carbocycles. The second-order valence-corrected chi connectivity index (χ2v) is 4.87. The molecule has 0 saturated heterocycles. The fourth-order valence-corrected chi connectivity index (χ4v) is 2.21. The number of aromatic nitrogens is 1. The molecule has 2 aromatic carbocycles. The van der Waals surface area contributed by atoms with Crippen molar-refractivity contribution in [1.29, 1.82) is 0 Å². The van der Waals surface area contributed by atoms with Crippen molar-refractivity contribution in [2.45, 2.75) is 0 Å². The topological polar surface area (TPSA) is 24.9 Å². The minimum Gasteiger partial charge on any atom is -0.340 e. The highest BCUT2D eigenvalue weighted by atomic mass is 35.5. The molecule has 0 amide bonds. The van der Waals surface area contributed by atoms with Crippen LogP contribution in [-0.4, -0.2) is 4.98 Å². The number of nitrogens with zero attached hydrogens (tertiary/aromatic N) is 1. The van der Waals surface area contributed by atoms with Gasteiger partial charge in [-0.3, -0.25) is 0 Å². The SMILES string of the molecule is Clc1cccc(Nc2cc(-c3ccccc3)ccn2)c1. The first-order valence-electron chi connectivity index (χ1n) is 6.35. The van der Waals surface area contributed by atoms with Crippen LogP contribution in [-0.2, 0) is 0 Å². The highest BCUT2D eigenvalue weighted by molar-refractivity contribution is 6.30. The number of hydrogen-bond donors (Lipinski definition) is 1. The molecule has 1 heterocycles. The summed E-state index contributed by atoms with van der Waals surface area (Å²) < 4.78 is 0. The van der Waals surface area contributed by atoms with Crippen LogP contribution in [0.25, 0.3) is 11.1 Å². The predicted molar refractivity (Wildman–Crippen MR) is 84.4 cm³/mol. The molecule has 1 aromatic heterocycles. The summed E-state index contributed by atoms with van der Waals surface area (Å²) in [4.78, 5) is 4.34. The molecule has 0 aliphatic rings. The number of rotatable bonds is 3. The Kier molecular flexibility index (Phi) is 3.66. The number of nitrogens with one attached hydrogen (secondary N) is 1. The molecule has 0 fully saturated rings. The molecule has 2 nitrogen and oxygen atoms in total. The van der Waals surface area contributed by atoms with Gasteiger partial charge in [-0.2, -0.15) is 0 Å². The molecule has 0 saturated carbocycles. The van der Waals surface area contributed by atoms with Crippen molar-refractivity contribution in [2.75, 3.05) is 5.32 Å². The van der Waals surface area contributed by atoms with E-state index in [1.165, 1.54) is 5.56 Å². The van der Waals surface area contributed by atoms with Crippen molar-refractivity contribution in [3.05, 3.63) is 77.9 Å². The maximum Gasteiger partial charge on any atom is 0.130 e. The van der Waals surface area contributed by atoms with Gasteiger partial charge in [-0.1, -0.05) is 48.0 Å². The second-order valence-electron chi connectivity index (χ2n) is 4.43. The van der Waals surface area contributed by atoms with E-state index < -0.39 is 0 Å². The molecule has 20 heavy (non-hydrogen) atoms. The highest BCUT2D eigenvalue weighted by Gasteiger charge is 2.01. The van der Waals surface area contributed by atoms with Crippen LogP contribution in [0.2, 0.25) is 5.02 Å². The normalized spacial score (nSPS) is 10.2. The summed E-state index contributed by atoms with van der Waals surface area (Å²) in [7, 11) is 0. The molecule has 0 radical (unpaired) electrons. The molecule has 0 spiro atoms. The van der Waals surface area contributed by atoms with Crippen LogP contribution < -0.4 is 5.32 Å². The summed E-state index contributed by atoms with van der Waals surface area (Å²) in [5, 5.41) is 3.96. The van der Waals surface area contributed by atoms with Crippen molar-refractivity contribution in [2.24, 2.45) is 0 Å². The summed E-state index contributed by atoms with van der Waals surface area (Å²) in [5.41, 5.74) is 3.23. The third-order valence-corrected chi connectivity index (χ3v) is 3.20. The minimum atomic E-state index is 0.703. The molecule has 1 N–H and O–H groups in total. The van der Waals surface area contributed by atoms with Crippen LogP contribution in [0.15, 0.2) is 72.9 Å². The fraction of sp³-hybridized carbons (Fsp3) is 0.